The van der Waals surface area contributed by atoms with Gasteiger partial charge in [-0.05, 0) is 38.0 Å². The zero-order valence-electron chi connectivity index (χ0n) is 11.6. The van der Waals surface area contributed by atoms with Crippen molar-refractivity contribution >= 4 is 23.2 Å². The van der Waals surface area contributed by atoms with E-state index >= 15 is 0 Å². The molecule has 0 radical (unpaired) electrons. The Morgan fingerprint density at radius 2 is 2.16 bits per heavy atom. The first-order valence-electron chi connectivity index (χ1n) is 6.91. The molecule has 0 aromatic heterocycles. The van der Waals surface area contributed by atoms with Crippen molar-refractivity contribution in [2.45, 2.75) is 38.6 Å². The standard InChI is InChI=1S/C15H21ClN2O/c1-11-6-4-3-5-9-18(11)15(19)13-10-12(16)7-8-14(13)17-2/h7-8,10-11,17H,3-6,9H2,1-2H3. The van der Waals surface area contributed by atoms with E-state index in [-0.39, 0.29) is 5.91 Å². The van der Waals surface area contributed by atoms with E-state index in [9.17, 15) is 4.79 Å². The Hall–Kier alpha value is -1.22. The van der Waals surface area contributed by atoms with Crippen LogP contribution in [-0.4, -0.2) is 30.4 Å². The first kappa shape index (κ1) is 14.2. The monoisotopic (exact) mass is 280 g/mol. The minimum Gasteiger partial charge on any atom is -0.387 e. The zero-order valence-corrected chi connectivity index (χ0v) is 12.3. The van der Waals surface area contributed by atoms with Crippen LogP contribution in [0.25, 0.3) is 0 Å². The third kappa shape index (κ3) is 3.21. The van der Waals surface area contributed by atoms with Crippen molar-refractivity contribution in [2.24, 2.45) is 0 Å². The predicted molar refractivity (Wildman–Crippen MR) is 80.0 cm³/mol. The quantitative estimate of drug-likeness (QED) is 0.894. The molecule has 0 bridgehead atoms. The smallest absolute Gasteiger partial charge is 0.256 e. The summed E-state index contributed by atoms with van der Waals surface area (Å²) in [6, 6.07) is 5.72. The maximum absolute atomic E-state index is 12.7. The van der Waals surface area contributed by atoms with Crippen molar-refractivity contribution in [1.29, 1.82) is 0 Å². The average Bonchev–Trinajstić information content (AvgIpc) is 2.62. The van der Waals surface area contributed by atoms with Gasteiger partial charge in [0, 0.05) is 30.3 Å². The summed E-state index contributed by atoms with van der Waals surface area (Å²) in [5, 5.41) is 3.67. The topological polar surface area (TPSA) is 32.3 Å². The van der Waals surface area contributed by atoms with Gasteiger partial charge in [-0.15, -0.1) is 0 Å². The summed E-state index contributed by atoms with van der Waals surface area (Å²) in [6.45, 7) is 2.97. The Balaban J connectivity index is 2.29. The van der Waals surface area contributed by atoms with Gasteiger partial charge in [-0.1, -0.05) is 24.4 Å². The number of nitrogens with zero attached hydrogens (tertiary/aromatic N) is 1. The second-order valence-electron chi connectivity index (χ2n) is 5.14. The highest BCUT2D eigenvalue weighted by Gasteiger charge is 2.24. The van der Waals surface area contributed by atoms with Crippen LogP contribution in [-0.2, 0) is 0 Å². The fourth-order valence-electron chi connectivity index (χ4n) is 2.64. The number of nitrogens with one attached hydrogen (secondary N) is 1. The molecular formula is C15H21ClN2O. The first-order valence-corrected chi connectivity index (χ1v) is 7.29. The third-order valence-electron chi connectivity index (χ3n) is 3.80. The molecule has 3 nitrogen and oxygen atoms in total. The van der Waals surface area contributed by atoms with Crippen LogP contribution in [0.15, 0.2) is 18.2 Å². The molecule has 1 atom stereocenters. The van der Waals surface area contributed by atoms with Crippen molar-refractivity contribution < 1.29 is 4.79 Å². The second kappa shape index (κ2) is 6.29. The highest BCUT2D eigenvalue weighted by molar-refractivity contribution is 6.31. The number of halogens is 1. The summed E-state index contributed by atoms with van der Waals surface area (Å²) >= 11 is 6.03. The van der Waals surface area contributed by atoms with Crippen LogP contribution in [0.1, 0.15) is 43.0 Å². The maximum Gasteiger partial charge on any atom is 0.256 e. The number of anilines is 1. The number of hydrogen-bond acceptors (Lipinski definition) is 2. The molecule has 0 aliphatic carbocycles. The number of hydrogen-bond donors (Lipinski definition) is 1. The number of likely N-dealkylation sites (tertiary alicyclic amines) is 1. The summed E-state index contributed by atoms with van der Waals surface area (Å²) in [4.78, 5) is 14.7. The van der Waals surface area contributed by atoms with Gasteiger partial charge >= 0.3 is 0 Å². The molecule has 1 aliphatic rings. The first-order chi connectivity index (χ1) is 9.13. The number of rotatable bonds is 2. The lowest BCUT2D eigenvalue weighted by Gasteiger charge is -2.28. The molecule has 1 heterocycles. The van der Waals surface area contributed by atoms with Gasteiger partial charge in [0.2, 0.25) is 0 Å². The SMILES string of the molecule is CNc1ccc(Cl)cc1C(=O)N1CCCCCC1C. The highest BCUT2D eigenvalue weighted by atomic mass is 35.5. The van der Waals surface area contributed by atoms with Crippen LogP contribution >= 0.6 is 11.6 Å². The summed E-state index contributed by atoms with van der Waals surface area (Å²) in [5.74, 6) is 0.0845. The lowest BCUT2D eigenvalue weighted by molar-refractivity contribution is 0.0699. The van der Waals surface area contributed by atoms with Gasteiger partial charge in [0.05, 0.1) is 5.56 Å². The van der Waals surface area contributed by atoms with E-state index in [1.807, 2.05) is 18.0 Å². The summed E-state index contributed by atoms with van der Waals surface area (Å²) in [7, 11) is 1.83. The fourth-order valence-corrected chi connectivity index (χ4v) is 2.81. The number of carbonyl (C=O) groups excluding carboxylic acids is 1. The van der Waals surface area contributed by atoms with Crippen LogP contribution in [0.2, 0.25) is 5.02 Å². The molecule has 1 aromatic carbocycles. The lowest BCUT2D eigenvalue weighted by Crippen LogP contribution is -2.38. The summed E-state index contributed by atoms with van der Waals surface area (Å²) in [5.41, 5.74) is 1.51. The molecule has 0 spiro atoms. The van der Waals surface area contributed by atoms with Gasteiger partial charge in [-0.2, -0.15) is 0 Å². The van der Waals surface area contributed by atoms with E-state index < -0.39 is 0 Å². The minimum absolute atomic E-state index is 0.0845. The normalized spacial score (nSPS) is 19.9. The zero-order chi connectivity index (χ0) is 13.8. The predicted octanol–water partition coefficient (Wildman–Crippen LogP) is 3.79. The van der Waals surface area contributed by atoms with Crippen molar-refractivity contribution in [1.82, 2.24) is 4.90 Å². The molecule has 1 N–H and O–H groups in total. The molecule has 104 valence electrons. The van der Waals surface area contributed by atoms with E-state index in [4.69, 9.17) is 11.6 Å². The molecule has 4 heteroatoms. The molecule has 19 heavy (non-hydrogen) atoms. The van der Waals surface area contributed by atoms with Crippen molar-refractivity contribution in [2.75, 3.05) is 18.9 Å². The maximum atomic E-state index is 12.7. The van der Waals surface area contributed by atoms with Crippen molar-refractivity contribution in [3.63, 3.8) is 0 Å². The number of amides is 1. The van der Waals surface area contributed by atoms with Crippen LogP contribution < -0.4 is 5.32 Å². The fraction of sp³-hybridized carbons (Fsp3) is 0.533. The Kier molecular flexibility index (Phi) is 4.70. The second-order valence-corrected chi connectivity index (χ2v) is 5.57. The largest absolute Gasteiger partial charge is 0.387 e. The molecular weight excluding hydrogens is 260 g/mol. The molecule has 1 saturated heterocycles. The van der Waals surface area contributed by atoms with Gasteiger partial charge in [0.1, 0.15) is 0 Å². The minimum atomic E-state index is 0.0845. The van der Waals surface area contributed by atoms with Gasteiger partial charge in [0.15, 0.2) is 0 Å². The van der Waals surface area contributed by atoms with E-state index in [0.717, 1.165) is 25.1 Å². The van der Waals surface area contributed by atoms with Crippen LogP contribution in [0, 0.1) is 0 Å². The van der Waals surface area contributed by atoms with Gasteiger partial charge in [0.25, 0.3) is 5.91 Å². The average molecular weight is 281 g/mol. The van der Waals surface area contributed by atoms with Crippen LogP contribution in [0.5, 0.6) is 0 Å². The molecule has 1 fully saturated rings. The van der Waals surface area contributed by atoms with Gasteiger partial charge < -0.3 is 10.2 Å². The Labute approximate surface area is 119 Å². The van der Waals surface area contributed by atoms with Crippen molar-refractivity contribution in [3.05, 3.63) is 28.8 Å². The molecule has 1 aliphatic heterocycles. The molecule has 1 aromatic rings. The summed E-state index contributed by atoms with van der Waals surface area (Å²) < 4.78 is 0. The summed E-state index contributed by atoms with van der Waals surface area (Å²) in [6.07, 6.45) is 4.59. The van der Waals surface area contributed by atoms with E-state index in [1.54, 1.807) is 12.1 Å². The molecule has 0 saturated carbocycles. The van der Waals surface area contributed by atoms with Crippen LogP contribution in [0.3, 0.4) is 0 Å². The third-order valence-corrected chi connectivity index (χ3v) is 4.03. The Morgan fingerprint density at radius 3 is 2.89 bits per heavy atom. The molecule has 1 unspecified atom stereocenters. The Bertz CT molecular complexity index is 461. The highest BCUT2D eigenvalue weighted by Crippen LogP contribution is 2.25. The van der Waals surface area contributed by atoms with Crippen molar-refractivity contribution in [3.8, 4) is 0 Å². The van der Waals surface area contributed by atoms with E-state index in [1.165, 1.54) is 12.8 Å². The number of benzene rings is 1. The van der Waals surface area contributed by atoms with Crippen LogP contribution in [0.4, 0.5) is 5.69 Å². The van der Waals surface area contributed by atoms with Gasteiger partial charge in [-0.25, -0.2) is 0 Å². The van der Waals surface area contributed by atoms with E-state index in [0.29, 0.717) is 16.6 Å². The Morgan fingerprint density at radius 1 is 1.37 bits per heavy atom. The number of carbonyl (C=O) groups is 1. The van der Waals surface area contributed by atoms with Gasteiger partial charge in [-0.3, -0.25) is 4.79 Å². The van der Waals surface area contributed by atoms with E-state index in [2.05, 4.69) is 12.2 Å². The molecule has 2 rings (SSSR count). The molecule has 1 amide bonds. The lowest BCUT2D eigenvalue weighted by atomic mass is 10.1.